The summed E-state index contributed by atoms with van der Waals surface area (Å²) in [4.78, 5) is 14.9. The maximum atomic E-state index is 10.8. The molecule has 0 atom stereocenters. The number of benzene rings is 1. The van der Waals surface area contributed by atoms with E-state index in [1.165, 1.54) is 11.3 Å². The Morgan fingerprint density at radius 2 is 2.00 bits per heavy atom. The maximum Gasteiger partial charge on any atom is 0.360 e. The normalized spacial score (nSPS) is 11.4. The third-order valence-electron chi connectivity index (χ3n) is 2.07. The number of hydrogen-bond acceptors (Lipinski definition) is 5. The van der Waals surface area contributed by atoms with Crippen molar-refractivity contribution in [1.29, 1.82) is 0 Å². The lowest BCUT2D eigenvalue weighted by Gasteiger charge is -1.94. The molecule has 0 spiro atoms. The average molecular weight is 248 g/mol. The number of hydrogen-bond donors (Lipinski definition) is 2. The molecule has 1 heterocycles. The fourth-order valence-electron chi connectivity index (χ4n) is 1.30. The number of carbonyl (C=O) groups is 1. The molecule has 0 radical (unpaired) electrons. The molecule has 0 saturated carbocycles. The summed E-state index contributed by atoms with van der Waals surface area (Å²) >= 11 is 1.30. The number of carboxylic acids is 1. The van der Waals surface area contributed by atoms with Crippen LogP contribution in [-0.2, 0) is 4.79 Å². The molecule has 0 bridgehead atoms. The molecule has 5 nitrogen and oxygen atoms in total. The molecule has 0 fully saturated rings. The Morgan fingerprint density at radius 1 is 1.29 bits per heavy atom. The minimum absolute atomic E-state index is 0.156. The van der Waals surface area contributed by atoms with E-state index in [9.17, 15) is 4.79 Å². The van der Waals surface area contributed by atoms with Gasteiger partial charge in [0, 0.05) is 10.9 Å². The van der Waals surface area contributed by atoms with Gasteiger partial charge in [0.1, 0.15) is 10.7 Å². The molecular weight excluding hydrogens is 240 g/mol. The first kappa shape index (κ1) is 11.3. The number of oxime groups is 1. The van der Waals surface area contributed by atoms with Crippen molar-refractivity contribution in [1.82, 2.24) is 4.98 Å². The molecule has 1 aromatic heterocycles. The van der Waals surface area contributed by atoms with Gasteiger partial charge in [-0.2, -0.15) is 0 Å². The van der Waals surface area contributed by atoms with Crippen molar-refractivity contribution in [3.63, 3.8) is 0 Å². The van der Waals surface area contributed by atoms with Crippen molar-refractivity contribution >= 4 is 23.0 Å². The Morgan fingerprint density at radius 3 is 2.59 bits per heavy atom. The van der Waals surface area contributed by atoms with E-state index >= 15 is 0 Å². The van der Waals surface area contributed by atoms with Gasteiger partial charge in [-0.05, 0) is 0 Å². The summed E-state index contributed by atoms with van der Waals surface area (Å²) in [6.07, 6.45) is 0. The van der Waals surface area contributed by atoms with Crippen molar-refractivity contribution in [2.45, 2.75) is 0 Å². The van der Waals surface area contributed by atoms with E-state index in [1.807, 2.05) is 30.3 Å². The van der Waals surface area contributed by atoms with Gasteiger partial charge in [-0.25, -0.2) is 9.78 Å². The van der Waals surface area contributed by atoms with Crippen molar-refractivity contribution < 1.29 is 15.1 Å². The number of aromatic nitrogens is 1. The second-order valence-electron chi connectivity index (χ2n) is 3.16. The van der Waals surface area contributed by atoms with Gasteiger partial charge in [0.2, 0.25) is 5.71 Å². The summed E-state index contributed by atoms with van der Waals surface area (Å²) in [5.41, 5.74) is 0.596. The lowest BCUT2D eigenvalue weighted by atomic mass is 10.2. The predicted octanol–water partition coefficient (Wildman–Crippen LogP) is 2.07. The van der Waals surface area contributed by atoms with Gasteiger partial charge in [-0.3, -0.25) is 0 Å². The highest BCUT2D eigenvalue weighted by Crippen LogP contribution is 2.23. The highest BCUT2D eigenvalue weighted by atomic mass is 32.1. The van der Waals surface area contributed by atoms with Gasteiger partial charge in [-0.15, -0.1) is 11.3 Å². The first-order chi connectivity index (χ1) is 8.22. The van der Waals surface area contributed by atoms with Gasteiger partial charge in [0.05, 0.1) is 0 Å². The number of carboxylic acid groups (broad SMARTS) is 1. The molecule has 0 unspecified atom stereocenters. The van der Waals surface area contributed by atoms with E-state index in [2.05, 4.69) is 10.1 Å². The van der Waals surface area contributed by atoms with E-state index in [1.54, 1.807) is 5.38 Å². The zero-order valence-corrected chi connectivity index (χ0v) is 9.39. The molecule has 1 aromatic carbocycles. The highest BCUT2D eigenvalue weighted by Gasteiger charge is 2.17. The van der Waals surface area contributed by atoms with Crippen LogP contribution in [0.15, 0.2) is 40.9 Å². The van der Waals surface area contributed by atoms with Crippen molar-refractivity contribution in [3.05, 3.63) is 41.4 Å². The molecule has 0 saturated heterocycles. The number of thiazole rings is 1. The molecule has 2 N–H and O–H groups in total. The lowest BCUT2D eigenvalue weighted by Crippen LogP contribution is -2.14. The first-order valence-corrected chi connectivity index (χ1v) is 5.57. The molecule has 0 aliphatic rings. The van der Waals surface area contributed by atoms with Gasteiger partial charge < -0.3 is 10.3 Å². The van der Waals surface area contributed by atoms with Crippen LogP contribution in [0.2, 0.25) is 0 Å². The van der Waals surface area contributed by atoms with Crippen LogP contribution in [0.1, 0.15) is 5.69 Å². The molecule has 0 aliphatic carbocycles. The second-order valence-corrected chi connectivity index (χ2v) is 4.02. The lowest BCUT2D eigenvalue weighted by molar-refractivity contribution is -0.129. The van der Waals surface area contributed by atoms with Crippen LogP contribution >= 0.6 is 11.3 Å². The van der Waals surface area contributed by atoms with E-state index in [0.717, 1.165) is 5.56 Å². The smallest absolute Gasteiger partial charge is 0.360 e. The van der Waals surface area contributed by atoms with Gasteiger partial charge in [-0.1, -0.05) is 35.5 Å². The fraction of sp³-hybridized carbons (Fsp3) is 0. The summed E-state index contributed by atoms with van der Waals surface area (Å²) in [5, 5.41) is 22.3. The third-order valence-corrected chi connectivity index (χ3v) is 2.96. The van der Waals surface area contributed by atoms with E-state index in [-0.39, 0.29) is 5.69 Å². The Balaban J connectivity index is 2.37. The monoisotopic (exact) mass is 248 g/mol. The Hall–Kier alpha value is -2.21. The molecule has 2 rings (SSSR count). The van der Waals surface area contributed by atoms with Gasteiger partial charge in [0.15, 0.2) is 0 Å². The predicted molar refractivity (Wildman–Crippen MR) is 63.5 cm³/mol. The van der Waals surface area contributed by atoms with Crippen LogP contribution in [0, 0.1) is 0 Å². The highest BCUT2D eigenvalue weighted by molar-refractivity contribution is 7.13. The van der Waals surface area contributed by atoms with Crippen LogP contribution in [-0.4, -0.2) is 27.0 Å². The largest absolute Gasteiger partial charge is 0.476 e. The average Bonchev–Trinajstić information content (AvgIpc) is 2.80. The van der Waals surface area contributed by atoms with Crippen LogP contribution in [0.5, 0.6) is 0 Å². The Labute approximate surface area is 101 Å². The van der Waals surface area contributed by atoms with E-state index in [0.29, 0.717) is 5.01 Å². The number of rotatable bonds is 3. The topological polar surface area (TPSA) is 82.8 Å². The van der Waals surface area contributed by atoms with Crippen molar-refractivity contribution in [2.24, 2.45) is 5.16 Å². The Bertz CT molecular complexity index is 563. The Kier molecular flexibility index (Phi) is 3.15. The maximum absolute atomic E-state index is 10.8. The summed E-state index contributed by atoms with van der Waals surface area (Å²) in [7, 11) is 0. The standard InChI is InChI=1S/C11H8N2O3S/c14-11(15)9(13-16)8-6-17-10(12-8)7-4-2-1-3-5-7/h1-6,16H,(H,14,15)/b13-9-. The molecule has 0 aliphatic heterocycles. The summed E-state index contributed by atoms with van der Waals surface area (Å²) in [6, 6.07) is 9.37. The molecule has 17 heavy (non-hydrogen) atoms. The van der Waals surface area contributed by atoms with Gasteiger partial charge >= 0.3 is 5.97 Å². The SMILES string of the molecule is O=C(O)/C(=N\O)c1csc(-c2ccccc2)n1. The number of aliphatic carboxylic acids is 1. The molecular formula is C11H8N2O3S. The van der Waals surface area contributed by atoms with Crippen molar-refractivity contribution in [2.75, 3.05) is 0 Å². The van der Waals surface area contributed by atoms with Crippen LogP contribution < -0.4 is 0 Å². The fourth-order valence-corrected chi connectivity index (χ4v) is 2.11. The van der Waals surface area contributed by atoms with Crippen molar-refractivity contribution in [3.8, 4) is 10.6 Å². The number of nitrogens with zero attached hydrogens (tertiary/aromatic N) is 2. The minimum Gasteiger partial charge on any atom is -0.476 e. The van der Waals surface area contributed by atoms with Crippen LogP contribution in [0.4, 0.5) is 0 Å². The summed E-state index contributed by atoms with van der Waals surface area (Å²) < 4.78 is 0. The first-order valence-electron chi connectivity index (χ1n) is 4.69. The van der Waals surface area contributed by atoms with Gasteiger partial charge in [0.25, 0.3) is 0 Å². The quantitative estimate of drug-likeness (QED) is 0.495. The molecule has 2 aromatic rings. The van der Waals surface area contributed by atoms with Crippen LogP contribution in [0.25, 0.3) is 10.6 Å². The summed E-state index contributed by atoms with van der Waals surface area (Å²) in [6.45, 7) is 0. The molecule has 0 amide bonds. The zero-order chi connectivity index (χ0) is 12.3. The minimum atomic E-state index is -1.31. The zero-order valence-electron chi connectivity index (χ0n) is 8.57. The molecule has 86 valence electrons. The van der Waals surface area contributed by atoms with Crippen LogP contribution in [0.3, 0.4) is 0 Å². The van der Waals surface area contributed by atoms with E-state index in [4.69, 9.17) is 10.3 Å². The van der Waals surface area contributed by atoms with E-state index < -0.39 is 11.7 Å². The summed E-state index contributed by atoms with van der Waals surface area (Å²) in [5.74, 6) is -1.31. The third kappa shape index (κ3) is 2.31. The molecule has 6 heteroatoms. The second kappa shape index (κ2) is 4.75.